The topological polar surface area (TPSA) is 107 Å². The molecule has 8 nitrogen and oxygen atoms in total. The molecule has 2 rings (SSSR count). The third-order valence-electron chi connectivity index (χ3n) is 3.73. The molecule has 134 valence electrons. The van der Waals surface area contributed by atoms with Gasteiger partial charge >= 0.3 is 6.09 Å². The van der Waals surface area contributed by atoms with E-state index >= 15 is 0 Å². The number of likely N-dealkylation sites (tertiary alicyclic amines) is 1. The maximum Gasteiger partial charge on any atom is 0.410 e. The first kappa shape index (κ1) is 18.6. The van der Waals surface area contributed by atoms with Gasteiger partial charge < -0.3 is 10.1 Å². The van der Waals surface area contributed by atoms with Crippen LogP contribution in [0.3, 0.4) is 0 Å². The zero-order valence-corrected chi connectivity index (χ0v) is 14.7. The van der Waals surface area contributed by atoms with Crippen LogP contribution in [0, 0.1) is 0 Å². The molecule has 0 saturated carbocycles. The first-order valence-electron chi connectivity index (χ1n) is 8.13. The molecule has 1 N–H and O–H groups in total. The lowest BCUT2D eigenvalue weighted by Gasteiger charge is -2.27. The Morgan fingerprint density at radius 3 is 2.64 bits per heavy atom. The zero-order valence-electron chi connectivity index (χ0n) is 14.7. The van der Waals surface area contributed by atoms with Crippen molar-refractivity contribution in [2.24, 2.45) is 5.11 Å². The van der Waals surface area contributed by atoms with Gasteiger partial charge in [-0.3, -0.25) is 9.69 Å². The average molecular weight is 345 g/mol. The molecule has 2 atom stereocenters. The molecule has 0 bridgehead atoms. The Hall–Kier alpha value is -2.73. The minimum Gasteiger partial charge on any atom is -0.445 e. The number of benzene rings is 1. The number of rotatable bonds is 4. The Labute approximate surface area is 146 Å². The van der Waals surface area contributed by atoms with E-state index in [0.717, 1.165) is 5.56 Å². The van der Waals surface area contributed by atoms with E-state index in [4.69, 9.17) is 10.3 Å². The maximum absolute atomic E-state index is 12.5. The molecule has 8 heteroatoms. The molecule has 0 radical (unpaired) electrons. The predicted molar refractivity (Wildman–Crippen MR) is 92.6 cm³/mol. The summed E-state index contributed by atoms with van der Waals surface area (Å²) in [5, 5.41) is 6.51. The van der Waals surface area contributed by atoms with Crippen molar-refractivity contribution in [3.05, 3.63) is 46.3 Å². The van der Waals surface area contributed by atoms with Crippen molar-refractivity contribution >= 4 is 12.0 Å². The molecule has 1 fully saturated rings. The highest BCUT2D eigenvalue weighted by Gasteiger charge is 2.41. The molecule has 0 aromatic heterocycles. The molecule has 0 spiro atoms. The van der Waals surface area contributed by atoms with Gasteiger partial charge in [0.05, 0.1) is 6.04 Å². The van der Waals surface area contributed by atoms with Gasteiger partial charge in [0.2, 0.25) is 5.91 Å². The molecule has 1 heterocycles. The molecule has 1 aliphatic rings. The summed E-state index contributed by atoms with van der Waals surface area (Å²) in [6.45, 7) is 5.88. The van der Waals surface area contributed by atoms with Gasteiger partial charge in [0.15, 0.2) is 0 Å². The van der Waals surface area contributed by atoms with Gasteiger partial charge in [-0.1, -0.05) is 35.4 Å². The van der Waals surface area contributed by atoms with Crippen molar-refractivity contribution < 1.29 is 14.3 Å². The van der Waals surface area contributed by atoms with Crippen LogP contribution >= 0.6 is 0 Å². The lowest BCUT2D eigenvalue weighted by atomic mass is 10.1. The van der Waals surface area contributed by atoms with Crippen LogP contribution in [0.2, 0.25) is 0 Å². The Bertz CT molecular complexity index is 665. The first-order valence-corrected chi connectivity index (χ1v) is 8.13. The van der Waals surface area contributed by atoms with Gasteiger partial charge in [-0.15, -0.1) is 0 Å². The summed E-state index contributed by atoms with van der Waals surface area (Å²) >= 11 is 0. The van der Waals surface area contributed by atoms with Crippen LogP contribution in [-0.2, 0) is 16.1 Å². The van der Waals surface area contributed by atoms with Gasteiger partial charge in [-0.05, 0) is 38.3 Å². The van der Waals surface area contributed by atoms with Crippen molar-refractivity contribution in [3.63, 3.8) is 0 Å². The Morgan fingerprint density at radius 2 is 2.04 bits per heavy atom. The quantitative estimate of drug-likeness (QED) is 0.515. The smallest absolute Gasteiger partial charge is 0.410 e. The molecular weight excluding hydrogens is 322 g/mol. The van der Waals surface area contributed by atoms with Crippen LogP contribution < -0.4 is 5.32 Å². The summed E-state index contributed by atoms with van der Waals surface area (Å²) in [4.78, 5) is 29.1. The number of ether oxygens (including phenoxy) is 1. The van der Waals surface area contributed by atoms with Crippen LogP contribution in [0.25, 0.3) is 10.4 Å². The third kappa shape index (κ3) is 5.39. The summed E-state index contributed by atoms with van der Waals surface area (Å²) in [6.07, 6.45) is -0.305. The summed E-state index contributed by atoms with van der Waals surface area (Å²) in [7, 11) is 0. The Balaban J connectivity index is 2.06. The van der Waals surface area contributed by atoms with E-state index in [0.29, 0.717) is 0 Å². The van der Waals surface area contributed by atoms with Gasteiger partial charge in [-0.2, -0.15) is 0 Å². The number of carbonyl (C=O) groups excluding carboxylic acids is 2. The monoisotopic (exact) mass is 345 g/mol. The van der Waals surface area contributed by atoms with Gasteiger partial charge in [0.25, 0.3) is 0 Å². The van der Waals surface area contributed by atoms with Crippen molar-refractivity contribution in [1.82, 2.24) is 10.2 Å². The van der Waals surface area contributed by atoms with Gasteiger partial charge in [0.1, 0.15) is 12.6 Å². The molecule has 1 saturated heterocycles. The first-order chi connectivity index (χ1) is 11.8. The third-order valence-corrected chi connectivity index (χ3v) is 3.73. The lowest BCUT2D eigenvalue weighted by Crippen LogP contribution is -2.51. The molecule has 0 aliphatic carbocycles. The summed E-state index contributed by atoms with van der Waals surface area (Å²) in [5.74, 6) is -0.278. The number of nitrogens with one attached hydrogen (secondary N) is 1. The number of carbonyl (C=O) groups is 2. The highest BCUT2D eigenvalue weighted by Crippen LogP contribution is 2.23. The van der Waals surface area contributed by atoms with Crippen LogP contribution in [0.5, 0.6) is 0 Å². The van der Waals surface area contributed by atoms with Crippen molar-refractivity contribution in [3.8, 4) is 0 Å². The Morgan fingerprint density at radius 1 is 1.36 bits per heavy atom. The molecule has 2 amide bonds. The largest absolute Gasteiger partial charge is 0.445 e. The van der Waals surface area contributed by atoms with Crippen LogP contribution in [0.4, 0.5) is 4.79 Å². The van der Waals surface area contributed by atoms with Crippen molar-refractivity contribution in [1.29, 1.82) is 0 Å². The van der Waals surface area contributed by atoms with E-state index < -0.39 is 23.7 Å². The fourth-order valence-corrected chi connectivity index (χ4v) is 2.68. The Kier molecular flexibility index (Phi) is 5.88. The minimum atomic E-state index is -0.710. The van der Waals surface area contributed by atoms with E-state index in [-0.39, 0.29) is 25.5 Å². The van der Waals surface area contributed by atoms with Crippen LogP contribution in [0.1, 0.15) is 32.8 Å². The maximum atomic E-state index is 12.5. The number of nitrogens with zero attached hydrogens (tertiary/aromatic N) is 4. The minimum absolute atomic E-state index is 0.121. The number of amides is 2. The molecular formula is C17H23N5O3. The molecule has 1 aromatic carbocycles. The SMILES string of the molecule is CC(C)(C)NC(=O)[C@@H]1C[C@H](N=[N+]=[N-])CN1C(=O)OCc1ccccc1. The van der Waals surface area contributed by atoms with E-state index in [1.54, 1.807) is 0 Å². The van der Waals surface area contributed by atoms with E-state index in [9.17, 15) is 9.59 Å². The highest BCUT2D eigenvalue weighted by atomic mass is 16.6. The van der Waals surface area contributed by atoms with Crippen LogP contribution in [0.15, 0.2) is 35.4 Å². The summed E-state index contributed by atoms with van der Waals surface area (Å²) < 4.78 is 5.32. The van der Waals surface area contributed by atoms with Crippen molar-refractivity contribution in [2.45, 2.75) is 51.4 Å². The van der Waals surface area contributed by atoms with Gasteiger partial charge in [-0.25, -0.2) is 4.79 Å². The van der Waals surface area contributed by atoms with E-state index in [1.165, 1.54) is 4.90 Å². The molecule has 1 aromatic rings. The molecule has 1 aliphatic heterocycles. The van der Waals surface area contributed by atoms with E-state index in [2.05, 4.69) is 15.3 Å². The summed E-state index contributed by atoms with van der Waals surface area (Å²) in [5.41, 5.74) is 9.07. The van der Waals surface area contributed by atoms with Crippen molar-refractivity contribution in [2.75, 3.05) is 6.54 Å². The number of hydrogen-bond donors (Lipinski definition) is 1. The second kappa shape index (κ2) is 7.90. The van der Waals surface area contributed by atoms with Gasteiger partial charge in [0, 0.05) is 17.0 Å². The standard InChI is InChI=1S/C17H23N5O3/c1-17(2,3)19-15(23)14-9-13(20-21-18)10-22(14)16(24)25-11-12-7-5-4-6-8-12/h4-8,13-14H,9-11H2,1-3H3,(H,19,23)/t13-,14-/m0/s1. The van der Waals surface area contributed by atoms with E-state index in [1.807, 2.05) is 51.1 Å². The fraction of sp³-hybridized carbons (Fsp3) is 0.529. The second-order valence-corrected chi connectivity index (χ2v) is 7.04. The fourth-order valence-electron chi connectivity index (χ4n) is 2.68. The normalized spacial score (nSPS) is 19.9. The highest BCUT2D eigenvalue weighted by molar-refractivity contribution is 5.86. The average Bonchev–Trinajstić information content (AvgIpc) is 2.97. The lowest BCUT2D eigenvalue weighted by molar-refractivity contribution is -0.126. The predicted octanol–water partition coefficient (Wildman–Crippen LogP) is 2.99. The molecule has 0 unspecified atom stereocenters. The van der Waals surface area contributed by atoms with Crippen LogP contribution in [-0.4, -0.2) is 41.1 Å². The number of azide groups is 1. The number of hydrogen-bond acceptors (Lipinski definition) is 4. The molecule has 25 heavy (non-hydrogen) atoms. The zero-order chi connectivity index (χ0) is 18.4. The second-order valence-electron chi connectivity index (χ2n) is 7.04. The summed E-state index contributed by atoms with van der Waals surface area (Å²) in [6, 6.07) is 8.14.